The molecule has 0 saturated carbocycles. The summed E-state index contributed by atoms with van der Waals surface area (Å²) < 4.78 is 5.53. The van der Waals surface area contributed by atoms with Gasteiger partial charge in [-0.1, -0.05) is 62.2 Å². The monoisotopic (exact) mass is 404 g/mol. The Kier molecular flexibility index (Phi) is 5.88. The minimum absolute atomic E-state index is 0.184. The van der Waals surface area contributed by atoms with Crippen LogP contribution in [0.2, 0.25) is 0 Å². The Balaban J connectivity index is 1.76. The van der Waals surface area contributed by atoms with Gasteiger partial charge in [0.25, 0.3) is 11.8 Å². The number of hydrogen-bond acceptors (Lipinski definition) is 4. The predicted molar refractivity (Wildman–Crippen MR) is 117 cm³/mol. The Bertz CT molecular complexity index is 995. The van der Waals surface area contributed by atoms with Crippen molar-refractivity contribution in [3.8, 4) is 5.75 Å². The van der Waals surface area contributed by atoms with Crippen LogP contribution in [-0.2, 0) is 22.6 Å². The van der Waals surface area contributed by atoms with E-state index in [0.29, 0.717) is 42.2 Å². The van der Waals surface area contributed by atoms with Gasteiger partial charge in [0.1, 0.15) is 11.4 Å². The molecule has 2 aliphatic rings. The van der Waals surface area contributed by atoms with Crippen molar-refractivity contribution >= 4 is 17.4 Å². The molecule has 0 bridgehead atoms. The topological polar surface area (TPSA) is 49.9 Å². The maximum Gasteiger partial charge on any atom is 0.277 e. The van der Waals surface area contributed by atoms with Crippen LogP contribution in [0.5, 0.6) is 5.75 Å². The van der Waals surface area contributed by atoms with E-state index in [9.17, 15) is 9.59 Å². The van der Waals surface area contributed by atoms with Crippen LogP contribution >= 0.6 is 0 Å². The Hall–Kier alpha value is -3.08. The van der Waals surface area contributed by atoms with E-state index in [1.807, 2.05) is 36.4 Å². The second kappa shape index (κ2) is 8.74. The number of ether oxygens (including phenoxy) is 1. The molecule has 0 spiro atoms. The molecule has 0 saturated heterocycles. The van der Waals surface area contributed by atoms with Crippen molar-refractivity contribution in [3.05, 3.63) is 70.9 Å². The van der Waals surface area contributed by atoms with Gasteiger partial charge in [-0.3, -0.25) is 14.5 Å². The zero-order chi connectivity index (χ0) is 21.1. The minimum Gasteiger partial charge on any atom is -0.496 e. The van der Waals surface area contributed by atoms with E-state index in [2.05, 4.69) is 24.0 Å². The van der Waals surface area contributed by atoms with Crippen LogP contribution < -0.4 is 4.74 Å². The maximum atomic E-state index is 13.5. The summed E-state index contributed by atoms with van der Waals surface area (Å²) >= 11 is 0. The number of amides is 2. The highest BCUT2D eigenvalue weighted by atomic mass is 16.5. The average molecular weight is 405 g/mol. The van der Waals surface area contributed by atoms with Gasteiger partial charge in [0.05, 0.1) is 12.7 Å². The number of nitrogens with zero attached hydrogens (tertiary/aromatic N) is 2. The number of hydrogen-bond donors (Lipinski definition) is 0. The first-order valence-electron chi connectivity index (χ1n) is 10.7. The molecule has 156 valence electrons. The molecular weight excluding hydrogens is 376 g/mol. The quantitative estimate of drug-likeness (QED) is 0.517. The standard InChI is InChI=1S/C25H28N2O3/c1-3-4-9-15-27-24(28)22(20-12-7-8-13-21(20)30-2)23(25(27)29)26-16-14-18-10-5-6-11-19(18)17-26/h5-8,10-13H,3-4,9,14-17H2,1-2H3. The third-order valence-corrected chi connectivity index (χ3v) is 5.95. The summed E-state index contributed by atoms with van der Waals surface area (Å²) in [6, 6.07) is 15.8. The van der Waals surface area contributed by atoms with Crippen molar-refractivity contribution in [2.75, 3.05) is 20.2 Å². The molecule has 0 aromatic heterocycles. The van der Waals surface area contributed by atoms with Gasteiger partial charge in [-0.25, -0.2) is 0 Å². The van der Waals surface area contributed by atoms with Crippen LogP contribution in [-0.4, -0.2) is 41.8 Å². The van der Waals surface area contributed by atoms with Crippen molar-refractivity contribution in [2.24, 2.45) is 0 Å². The van der Waals surface area contributed by atoms with Crippen molar-refractivity contribution in [2.45, 2.75) is 39.2 Å². The molecule has 5 heteroatoms. The smallest absolute Gasteiger partial charge is 0.277 e. The summed E-state index contributed by atoms with van der Waals surface area (Å²) in [5, 5.41) is 0. The second-order valence-electron chi connectivity index (χ2n) is 7.83. The largest absolute Gasteiger partial charge is 0.496 e. The van der Waals surface area contributed by atoms with Gasteiger partial charge >= 0.3 is 0 Å². The van der Waals surface area contributed by atoms with Crippen LogP contribution in [0.1, 0.15) is 42.9 Å². The Morgan fingerprint density at radius 3 is 2.43 bits per heavy atom. The minimum atomic E-state index is -0.213. The number of carbonyl (C=O) groups is 2. The summed E-state index contributed by atoms with van der Waals surface area (Å²) in [6.45, 7) is 3.92. The highest BCUT2D eigenvalue weighted by Gasteiger charge is 2.42. The molecule has 2 amide bonds. The predicted octanol–water partition coefficient (Wildman–Crippen LogP) is 4.02. The SMILES string of the molecule is CCCCCN1C(=O)C(c2ccccc2OC)=C(N2CCc3ccccc3C2)C1=O. The van der Waals surface area contributed by atoms with E-state index in [1.54, 1.807) is 7.11 Å². The molecule has 0 radical (unpaired) electrons. The first kappa shape index (κ1) is 20.2. The van der Waals surface area contributed by atoms with E-state index in [-0.39, 0.29) is 11.8 Å². The van der Waals surface area contributed by atoms with E-state index < -0.39 is 0 Å². The first-order valence-corrected chi connectivity index (χ1v) is 10.7. The zero-order valence-corrected chi connectivity index (χ0v) is 17.7. The zero-order valence-electron chi connectivity index (χ0n) is 17.7. The molecular formula is C25H28N2O3. The average Bonchev–Trinajstić information content (AvgIpc) is 3.03. The molecule has 30 heavy (non-hydrogen) atoms. The Labute approximate surface area is 177 Å². The lowest BCUT2D eigenvalue weighted by Crippen LogP contribution is -2.37. The lowest BCUT2D eigenvalue weighted by Gasteiger charge is -2.31. The number of unbranched alkanes of at least 4 members (excludes halogenated alkanes) is 2. The van der Waals surface area contributed by atoms with E-state index in [4.69, 9.17) is 4.74 Å². The molecule has 2 heterocycles. The second-order valence-corrected chi connectivity index (χ2v) is 7.83. The van der Waals surface area contributed by atoms with Crippen LogP contribution in [0.15, 0.2) is 54.2 Å². The first-order chi connectivity index (χ1) is 14.7. The molecule has 0 aliphatic carbocycles. The number of benzene rings is 2. The van der Waals surface area contributed by atoms with Crippen molar-refractivity contribution in [1.82, 2.24) is 9.80 Å². The van der Waals surface area contributed by atoms with Crippen LogP contribution in [0.25, 0.3) is 5.57 Å². The third-order valence-electron chi connectivity index (χ3n) is 5.95. The van der Waals surface area contributed by atoms with Crippen LogP contribution in [0, 0.1) is 0 Å². The molecule has 5 nitrogen and oxygen atoms in total. The number of imide groups is 1. The summed E-state index contributed by atoms with van der Waals surface area (Å²) in [4.78, 5) is 30.4. The van der Waals surface area contributed by atoms with Crippen molar-refractivity contribution in [1.29, 1.82) is 0 Å². The van der Waals surface area contributed by atoms with Gasteiger partial charge in [-0.05, 0) is 30.0 Å². The molecule has 0 atom stereocenters. The maximum absolute atomic E-state index is 13.5. The van der Waals surface area contributed by atoms with Gasteiger partial charge in [0, 0.05) is 25.2 Å². The summed E-state index contributed by atoms with van der Waals surface area (Å²) in [5.41, 5.74) is 4.18. The molecule has 2 aliphatic heterocycles. The fourth-order valence-corrected chi connectivity index (χ4v) is 4.36. The van der Waals surface area contributed by atoms with Crippen LogP contribution in [0.4, 0.5) is 0 Å². The van der Waals surface area contributed by atoms with Gasteiger partial charge in [-0.2, -0.15) is 0 Å². The Morgan fingerprint density at radius 2 is 1.67 bits per heavy atom. The summed E-state index contributed by atoms with van der Waals surface area (Å²) in [7, 11) is 1.59. The lowest BCUT2D eigenvalue weighted by molar-refractivity contribution is -0.137. The number of para-hydroxylation sites is 1. The molecule has 2 aromatic rings. The molecule has 2 aromatic carbocycles. The number of fused-ring (bicyclic) bond motifs is 1. The van der Waals surface area contributed by atoms with Gasteiger partial charge in [0.15, 0.2) is 0 Å². The highest BCUT2D eigenvalue weighted by Crippen LogP contribution is 2.37. The summed E-state index contributed by atoms with van der Waals surface area (Å²) in [5.74, 6) is 0.213. The number of methoxy groups -OCH3 is 1. The lowest BCUT2D eigenvalue weighted by atomic mass is 9.97. The van der Waals surface area contributed by atoms with Crippen molar-refractivity contribution < 1.29 is 14.3 Å². The molecule has 0 fully saturated rings. The summed E-state index contributed by atoms with van der Waals surface area (Å²) in [6.07, 6.45) is 3.71. The molecule has 4 rings (SSSR count). The normalized spacial score (nSPS) is 16.3. The third kappa shape index (κ3) is 3.60. The fourth-order valence-electron chi connectivity index (χ4n) is 4.36. The van der Waals surface area contributed by atoms with E-state index >= 15 is 0 Å². The van der Waals surface area contributed by atoms with Gasteiger partial charge in [-0.15, -0.1) is 0 Å². The van der Waals surface area contributed by atoms with E-state index in [0.717, 1.165) is 25.7 Å². The number of carbonyl (C=O) groups excluding carboxylic acids is 2. The van der Waals surface area contributed by atoms with Crippen molar-refractivity contribution in [3.63, 3.8) is 0 Å². The highest BCUT2D eigenvalue weighted by molar-refractivity contribution is 6.36. The molecule has 0 N–H and O–H groups in total. The van der Waals surface area contributed by atoms with Gasteiger partial charge < -0.3 is 9.64 Å². The number of rotatable bonds is 7. The van der Waals surface area contributed by atoms with E-state index in [1.165, 1.54) is 16.0 Å². The Morgan fingerprint density at radius 1 is 0.933 bits per heavy atom. The van der Waals surface area contributed by atoms with Crippen LogP contribution in [0.3, 0.4) is 0 Å². The fraction of sp³-hybridized carbons (Fsp3) is 0.360. The van der Waals surface area contributed by atoms with Gasteiger partial charge in [0.2, 0.25) is 0 Å². The molecule has 0 unspecified atom stereocenters.